The first kappa shape index (κ1) is 16.5. The van der Waals surface area contributed by atoms with Crippen molar-refractivity contribution in [2.75, 3.05) is 19.6 Å². The molecule has 0 aromatic rings. The number of carboxylic acid groups (broad SMARTS) is 1. The minimum Gasteiger partial charge on any atom is -0.481 e. The summed E-state index contributed by atoms with van der Waals surface area (Å²) in [5, 5.41) is 11.8. The average molecular weight is 284 g/mol. The van der Waals surface area contributed by atoms with Crippen LogP contribution in [0.5, 0.6) is 0 Å². The maximum absolute atomic E-state index is 11.9. The Labute approximate surface area is 119 Å². The van der Waals surface area contributed by atoms with Crippen molar-refractivity contribution in [3.05, 3.63) is 0 Å². The number of hydrogen-bond acceptors (Lipinski definition) is 3. The lowest BCUT2D eigenvalue weighted by atomic mass is 9.79. The Morgan fingerprint density at radius 2 is 1.70 bits per heavy atom. The minimum absolute atomic E-state index is 0.0397. The summed E-state index contributed by atoms with van der Waals surface area (Å²) in [6.07, 6.45) is 2.72. The molecule has 1 fully saturated rings. The van der Waals surface area contributed by atoms with Gasteiger partial charge in [0, 0.05) is 19.5 Å². The van der Waals surface area contributed by atoms with E-state index in [2.05, 4.69) is 5.32 Å². The Morgan fingerprint density at radius 1 is 1.15 bits per heavy atom. The molecule has 1 aliphatic heterocycles. The summed E-state index contributed by atoms with van der Waals surface area (Å²) in [5.41, 5.74) is -1.03. The van der Waals surface area contributed by atoms with Crippen LogP contribution in [0, 0.1) is 5.41 Å². The van der Waals surface area contributed by atoms with Gasteiger partial charge in [0.2, 0.25) is 11.8 Å². The van der Waals surface area contributed by atoms with E-state index in [0.29, 0.717) is 12.8 Å². The molecule has 1 heterocycles. The van der Waals surface area contributed by atoms with E-state index < -0.39 is 11.4 Å². The minimum atomic E-state index is -1.03. The van der Waals surface area contributed by atoms with Crippen LogP contribution in [-0.4, -0.2) is 47.4 Å². The molecule has 0 bridgehead atoms. The first-order valence-electron chi connectivity index (χ1n) is 7.23. The summed E-state index contributed by atoms with van der Waals surface area (Å²) in [4.78, 5) is 36.7. The molecule has 114 valence electrons. The molecule has 0 atom stereocenters. The van der Waals surface area contributed by atoms with Crippen LogP contribution >= 0.6 is 0 Å². The maximum atomic E-state index is 11.9. The molecule has 2 amide bonds. The van der Waals surface area contributed by atoms with E-state index in [1.807, 2.05) is 0 Å². The van der Waals surface area contributed by atoms with Gasteiger partial charge in [0.25, 0.3) is 0 Å². The second-order valence-corrected chi connectivity index (χ2v) is 5.33. The van der Waals surface area contributed by atoms with Crippen LogP contribution in [0.3, 0.4) is 0 Å². The molecule has 0 aromatic heterocycles. The molecular weight excluding hydrogens is 260 g/mol. The lowest BCUT2D eigenvalue weighted by Gasteiger charge is -2.26. The molecule has 0 aliphatic carbocycles. The zero-order valence-corrected chi connectivity index (χ0v) is 12.3. The third-order valence-corrected chi connectivity index (χ3v) is 4.20. The average Bonchev–Trinajstić information content (AvgIpc) is 2.96. The molecule has 1 saturated heterocycles. The molecule has 2 N–H and O–H groups in total. The third kappa shape index (κ3) is 3.95. The largest absolute Gasteiger partial charge is 0.481 e. The molecule has 1 aliphatic rings. The number of rotatable bonds is 7. The SMILES string of the molecule is CCC(CC)(CC(=O)NCC(=O)N1CCCC1)C(=O)O. The Balaban J connectivity index is 2.46. The third-order valence-electron chi connectivity index (χ3n) is 4.20. The smallest absolute Gasteiger partial charge is 0.310 e. The normalized spacial score (nSPS) is 15.2. The zero-order valence-electron chi connectivity index (χ0n) is 12.3. The van der Waals surface area contributed by atoms with Gasteiger partial charge in [0.15, 0.2) is 0 Å². The van der Waals surface area contributed by atoms with Crippen molar-refractivity contribution in [1.82, 2.24) is 10.2 Å². The van der Waals surface area contributed by atoms with Crippen molar-refractivity contribution in [2.24, 2.45) is 5.41 Å². The van der Waals surface area contributed by atoms with E-state index in [9.17, 15) is 19.5 Å². The highest BCUT2D eigenvalue weighted by atomic mass is 16.4. The summed E-state index contributed by atoms with van der Waals surface area (Å²) in [5.74, 6) is -1.42. The molecule has 0 unspecified atom stereocenters. The van der Waals surface area contributed by atoms with Crippen molar-refractivity contribution >= 4 is 17.8 Å². The molecule has 0 radical (unpaired) electrons. The predicted molar refractivity (Wildman–Crippen MR) is 74.1 cm³/mol. The van der Waals surface area contributed by atoms with Gasteiger partial charge in [-0.2, -0.15) is 0 Å². The summed E-state index contributed by atoms with van der Waals surface area (Å²) in [7, 11) is 0. The zero-order chi connectivity index (χ0) is 15.2. The number of nitrogens with one attached hydrogen (secondary N) is 1. The Bertz CT molecular complexity index is 371. The molecule has 20 heavy (non-hydrogen) atoms. The van der Waals surface area contributed by atoms with E-state index in [-0.39, 0.29) is 24.8 Å². The van der Waals surface area contributed by atoms with Crippen molar-refractivity contribution in [3.8, 4) is 0 Å². The molecule has 0 saturated carbocycles. The molecule has 6 nitrogen and oxygen atoms in total. The van der Waals surface area contributed by atoms with Crippen LogP contribution in [0.2, 0.25) is 0 Å². The predicted octanol–water partition coefficient (Wildman–Crippen LogP) is 1.01. The van der Waals surface area contributed by atoms with Gasteiger partial charge in [-0.1, -0.05) is 13.8 Å². The van der Waals surface area contributed by atoms with E-state index >= 15 is 0 Å². The number of aliphatic carboxylic acids is 1. The number of likely N-dealkylation sites (tertiary alicyclic amines) is 1. The van der Waals surface area contributed by atoms with Crippen molar-refractivity contribution in [1.29, 1.82) is 0 Å². The summed E-state index contributed by atoms with van der Waals surface area (Å²) >= 11 is 0. The molecular formula is C14H24N2O4. The highest BCUT2D eigenvalue weighted by molar-refractivity contribution is 5.88. The lowest BCUT2D eigenvalue weighted by Crippen LogP contribution is -2.41. The summed E-state index contributed by atoms with van der Waals surface area (Å²) in [6, 6.07) is 0. The fraction of sp³-hybridized carbons (Fsp3) is 0.786. The van der Waals surface area contributed by atoms with E-state index in [0.717, 1.165) is 25.9 Å². The molecule has 0 spiro atoms. The van der Waals surface area contributed by atoms with Crippen LogP contribution in [0.25, 0.3) is 0 Å². The van der Waals surface area contributed by atoms with Gasteiger partial charge in [-0.15, -0.1) is 0 Å². The molecule has 0 aromatic carbocycles. The number of carbonyl (C=O) groups is 3. The number of nitrogens with zero attached hydrogens (tertiary/aromatic N) is 1. The molecule has 6 heteroatoms. The Morgan fingerprint density at radius 3 is 2.15 bits per heavy atom. The Hall–Kier alpha value is -1.59. The van der Waals surface area contributed by atoms with Crippen molar-refractivity contribution in [3.63, 3.8) is 0 Å². The van der Waals surface area contributed by atoms with Gasteiger partial charge in [0.1, 0.15) is 0 Å². The molecule has 1 rings (SSSR count). The van der Waals surface area contributed by atoms with E-state index in [4.69, 9.17) is 0 Å². The number of amides is 2. The van der Waals surface area contributed by atoms with Crippen LogP contribution in [0.4, 0.5) is 0 Å². The monoisotopic (exact) mass is 284 g/mol. The van der Waals surface area contributed by atoms with E-state index in [1.165, 1.54) is 0 Å². The Kier molecular flexibility index (Phi) is 5.98. The first-order chi connectivity index (χ1) is 9.45. The topological polar surface area (TPSA) is 86.7 Å². The summed E-state index contributed by atoms with van der Waals surface area (Å²) < 4.78 is 0. The quantitative estimate of drug-likeness (QED) is 0.730. The van der Waals surface area contributed by atoms with Gasteiger partial charge >= 0.3 is 5.97 Å². The number of carboxylic acids is 1. The van der Waals surface area contributed by atoms with Crippen LogP contribution in [-0.2, 0) is 14.4 Å². The standard InChI is InChI=1S/C14H24N2O4/c1-3-14(4-2,13(19)20)9-11(17)15-10-12(18)16-7-5-6-8-16/h3-10H2,1-2H3,(H,15,17)(H,19,20). The highest BCUT2D eigenvalue weighted by Crippen LogP contribution is 2.30. The van der Waals surface area contributed by atoms with Gasteiger partial charge in [-0.05, 0) is 25.7 Å². The maximum Gasteiger partial charge on any atom is 0.310 e. The number of carbonyl (C=O) groups excluding carboxylic acids is 2. The van der Waals surface area contributed by atoms with Crippen molar-refractivity contribution < 1.29 is 19.5 Å². The van der Waals surface area contributed by atoms with Crippen molar-refractivity contribution in [2.45, 2.75) is 46.0 Å². The van der Waals surface area contributed by atoms with Gasteiger partial charge in [-0.25, -0.2) is 0 Å². The second-order valence-electron chi connectivity index (χ2n) is 5.33. The first-order valence-corrected chi connectivity index (χ1v) is 7.23. The van der Waals surface area contributed by atoms with Crippen LogP contribution in [0.1, 0.15) is 46.0 Å². The fourth-order valence-electron chi connectivity index (χ4n) is 2.50. The lowest BCUT2D eigenvalue weighted by molar-refractivity contribution is -0.152. The van der Waals surface area contributed by atoms with Crippen LogP contribution in [0.15, 0.2) is 0 Å². The van der Waals surface area contributed by atoms with E-state index in [1.54, 1.807) is 18.7 Å². The number of hydrogen-bond donors (Lipinski definition) is 2. The highest BCUT2D eigenvalue weighted by Gasteiger charge is 2.37. The van der Waals surface area contributed by atoms with Crippen LogP contribution < -0.4 is 5.32 Å². The van der Waals surface area contributed by atoms with Gasteiger partial charge < -0.3 is 15.3 Å². The van der Waals surface area contributed by atoms with Gasteiger partial charge in [-0.3, -0.25) is 14.4 Å². The summed E-state index contributed by atoms with van der Waals surface area (Å²) in [6.45, 7) is 4.98. The second kappa shape index (κ2) is 7.26. The fourth-order valence-corrected chi connectivity index (χ4v) is 2.50. The van der Waals surface area contributed by atoms with Gasteiger partial charge in [0.05, 0.1) is 12.0 Å².